The van der Waals surface area contributed by atoms with Gasteiger partial charge in [0.05, 0.1) is 11.3 Å². The van der Waals surface area contributed by atoms with E-state index in [1.807, 2.05) is 0 Å². The molecule has 0 saturated heterocycles. The van der Waals surface area contributed by atoms with Gasteiger partial charge in [0.25, 0.3) is 11.4 Å². The molecule has 6 nitrogen and oxygen atoms in total. The minimum absolute atomic E-state index is 0.365. The Morgan fingerprint density at radius 1 is 1.47 bits per heavy atom. The van der Waals surface area contributed by atoms with E-state index in [1.54, 1.807) is 6.08 Å². The number of pyridine rings is 1. The monoisotopic (exact) mass is 234 g/mol. The zero-order valence-electron chi connectivity index (χ0n) is 8.80. The maximum absolute atomic E-state index is 11.7. The minimum Gasteiger partial charge on any atom is -0.621 e. The highest BCUT2D eigenvalue weighted by atomic mass is 16.5. The Balaban J connectivity index is 2.42. The van der Waals surface area contributed by atoms with Crippen molar-refractivity contribution in [2.24, 2.45) is 0 Å². The average Bonchev–Trinajstić information content (AvgIpc) is 2.32. The summed E-state index contributed by atoms with van der Waals surface area (Å²) in [6.45, 7) is 0. The lowest BCUT2D eigenvalue weighted by Crippen LogP contribution is -3.03. The molecular formula is C11H10N2O4. The molecule has 0 aromatic carbocycles. The van der Waals surface area contributed by atoms with Gasteiger partial charge in [0.15, 0.2) is 0 Å². The van der Waals surface area contributed by atoms with Crippen molar-refractivity contribution in [1.82, 2.24) is 4.73 Å². The standard InChI is InChI=1S/C11H10N2O4/c14-9-4-6-5-10(15)13(17)8-3-1-2-7(11(6)8)12(9)16/h2,4-5,12,14,17H,1,3H2. The van der Waals surface area contributed by atoms with Gasteiger partial charge in [0, 0.05) is 17.7 Å². The molecule has 1 aromatic heterocycles. The van der Waals surface area contributed by atoms with Crippen LogP contribution in [0.3, 0.4) is 0 Å². The molecule has 1 atom stereocenters. The van der Waals surface area contributed by atoms with Crippen molar-refractivity contribution in [3.05, 3.63) is 50.4 Å². The Kier molecular flexibility index (Phi) is 1.92. The lowest BCUT2D eigenvalue weighted by molar-refractivity contribution is -0.743. The first-order valence-corrected chi connectivity index (χ1v) is 5.23. The van der Waals surface area contributed by atoms with Crippen LogP contribution in [0.5, 0.6) is 0 Å². The minimum atomic E-state index is -0.557. The summed E-state index contributed by atoms with van der Waals surface area (Å²) < 4.78 is 0.579. The van der Waals surface area contributed by atoms with E-state index in [0.29, 0.717) is 40.1 Å². The van der Waals surface area contributed by atoms with Crippen molar-refractivity contribution in [3.63, 3.8) is 0 Å². The largest absolute Gasteiger partial charge is 0.621 e. The van der Waals surface area contributed by atoms with Crippen LogP contribution in [0, 0.1) is 5.21 Å². The van der Waals surface area contributed by atoms with Crippen molar-refractivity contribution < 1.29 is 15.4 Å². The number of nitrogens with one attached hydrogen (secondary N) is 1. The molecule has 1 aliphatic carbocycles. The maximum atomic E-state index is 11.7. The number of rotatable bonds is 0. The molecule has 1 unspecified atom stereocenters. The number of aliphatic hydroxyl groups excluding tert-OH is 1. The van der Waals surface area contributed by atoms with Crippen molar-refractivity contribution in [2.45, 2.75) is 12.8 Å². The molecule has 0 bridgehead atoms. The number of hydroxylamine groups is 2. The van der Waals surface area contributed by atoms with E-state index in [4.69, 9.17) is 0 Å². The zero-order chi connectivity index (χ0) is 12.2. The summed E-state index contributed by atoms with van der Waals surface area (Å²) in [7, 11) is 0. The Labute approximate surface area is 95.9 Å². The van der Waals surface area contributed by atoms with Gasteiger partial charge in [-0.05, 0) is 18.9 Å². The third-order valence-electron chi connectivity index (χ3n) is 3.09. The molecule has 0 radical (unpaired) electrons. The third kappa shape index (κ3) is 1.25. The van der Waals surface area contributed by atoms with Gasteiger partial charge in [-0.25, -0.2) is 0 Å². The first kappa shape index (κ1) is 10.1. The van der Waals surface area contributed by atoms with Crippen molar-refractivity contribution in [2.75, 3.05) is 0 Å². The topological polar surface area (TPSA) is 90.0 Å². The molecule has 17 heavy (non-hydrogen) atoms. The highest BCUT2D eigenvalue weighted by molar-refractivity contribution is 5.75. The summed E-state index contributed by atoms with van der Waals surface area (Å²) in [5.41, 5.74) is 1.28. The molecule has 2 heterocycles. The number of hydrogen-bond acceptors (Lipinski definition) is 4. The van der Waals surface area contributed by atoms with Gasteiger partial charge in [-0.3, -0.25) is 9.86 Å². The number of aliphatic hydroxyl groups is 1. The predicted molar refractivity (Wildman–Crippen MR) is 59.1 cm³/mol. The van der Waals surface area contributed by atoms with E-state index >= 15 is 0 Å². The second-order valence-corrected chi connectivity index (χ2v) is 4.09. The van der Waals surface area contributed by atoms with Crippen LogP contribution in [0.2, 0.25) is 0 Å². The van der Waals surface area contributed by atoms with Gasteiger partial charge in [-0.2, -0.15) is 4.73 Å². The number of aromatic nitrogens is 1. The second kappa shape index (κ2) is 3.22. The van der Waals surface area contributed by atoms with Crippen LogP contribution in [-0.4, -0.2) is 15.0 Å². The maximum Gasteiger partial charge on any atom is 0.293 e. The van der Waals surface area contributed by atoms with E-state index in [-0.39, 0.29) is 5.88 Å². The summed E-state index contributed by atoms with van der Waals surface area (Å²) in [6, 6.07) is 1.21. The normalized spacial score (nSPS) is 21.6. The van der Waals surface area contributed by atoms with Crippen LogP contribution in [0.15, 0.2) is 22.8 Å². The number of nitrogens with zero attached hydrogens (tertiary/aromatic N) is 1. The van der Waals surface area contributed by atoms with E-state index in [1.165, 1.54) is 12.1 Å². The molecule has 1 aromatic rings. The third-order valence-corrected chi connectivity index (χ3v) is 3.09. The van der Waals surface area contributed by atoms with Crippen LogP contribution in [0.4, 0.5) is 0 Å². The van der Waals surface area contributed by atoms with Gasteiger partial charge >= 0.3 is 0 Å². The first-order chi connectivity index (χ1) is 8.09. The lowest BCUT2D eigenvalue weighted by atomic mass is 9.93. The molecule has 3 rings (SSSR count). The highest BCUT2D eigenvalue weighted by Crippen LogP contribution is 2.28. The zero-order valence-corrected chi connectivity index (χ0v) is 8.80. The molecule has 0 amide bonds. The Hall–Kier alpha value is -2.05. The Morgan fingerprint density at radius 2 is 2.24 bits per heavy atom. The second-order valence-electron chi connectivity index (χ2n) is 4.09. The van der Waals surface area contributed by atoms with E-state index in [9.17, 15) is 20.3 Å². The predicted octanol–water partition coefficient (Wildman–Crippen LogP) is -0.375. The highest BCUT2D eigenvalue weighted by Gasteiger charge is 2.30. The summed E-state index contributed by atoms with van der Waals surface area (Å²) in [6.07, 6.45) is 4.05. The lowest BCUT2D eigenvalue weighted by Gasteiger charge is -2.30. The summed E-state index contributed by atoms with van der Waals surface area (Å²) in [4.78, 5) is 11.5. The van der Waals surface area contributed by atoms with Crippen LogP contribution >= 0.6 is 0 Å². The van der Waals surface area contributed by atoms with Crippen LogP contribution < -0.4 is 10.6 Å². The number of allylic oxidation sites excluding steroid dienone is 1. The fourth-order valence-electron chi connectivity index (χ4n) is 2.34. The number of quaternary nitrogens is 1. The molecule has 2 aliphatic rings. The quantitative estimate of drug-likeness (QED) is 0.422. The molecule has 0 saturated carbocycles. The number of hydrogen-bond donors (Lipinski definition) is 3. The molecule has 88 valence electrons. The van der Waals surface area contributed by atoms with Gasteiger partial charge in [0.2, 0.25) is 0 Å². The summed E-state index contributed by atoms with van der Waals surface area (Å²) in [5, 5.41) is 30.4. The summed E-state index contributed by atoms with van der Waals surface area (Å²) in [5.74, 6) is -0.369. The molecular weight excluding hydrogens is 224 g/mol. The molecule has 1 aliphatic heterocycles. The Morgan fingerprint density at radius 3 is 3.00 bits per heavy atom. The van der Waals surface area contributed by atoms with Gasteiger partial charge in [0.1, 0.15) is 5.70 Å². The molecule has 3 N–H and O–H groups in total. The van der Waals surface area contributed by atoms with Gasteiger partial charge < -0.3 is 15.5 Å². The smallest absolute Gasteiger partial charge is 0.293 e. The fraction of sp³-hybridized carbons (Fsp3) is 0.182. The van der Waals surface area contributed by atoms with Crippen molar-refractivity contribution >= 4 is 11.8 Å². The summed E-state index contributed by atoms with van der Waals surface area (Å²) >= 11 is 0. The van der Waals surface area contributed by atoms with Crippen molar-refractivity contribution in [1.29, 1.82) is 0 Å². The van der Waals surface area contributed by atoms with E-state index < -0.39 is 10.6 Å². The van der Waals surface area contributed by atoms with Crippen molar-refractivity contribution in [3.8, 4) is 0 Å². The molecule has 0 spiro atoms. The van der Waals surface area contributed by atoms with Crippen LogP contribution in [-0.2, 0) is 6.42 Å². The SMILES string of the molecule is O=c1cc2c3c(n1O)CCC=C3[NH+]([O-])C(O)=C2. The van der Waals surface area contributed by atoms with E-state index in [0.717, 1.165) is 0 Å². The first-order valence-electron chi connectivity index (χ1n) is 5.23. The van der Waals surface area contributed by atoms with Gasteiger partial charge in [-0.1, -0.05) is 0 Å². The van der Waals surface area contributed by atoms with Crippen LogP contribution in [0.25, 0.3) is 11.8 Å². The molecule has 0 fully saturated rings. The van der Waals surface area contributed by atoms with Gasteiger partial charge in [-0.15, -0.1) is 0 Å². The molecule has 6 heteroatoms. The van der Waals surface area contributed by atoms with E-state index in [2.05, 4.69) is 0 Å². The van der Waals surface area contributed by atoms with Crippen LogP contribution in [0.1, 0.15) is 23.2 Å². The Bertz CT molecular complexity index is 627. The average molecular weight is 234 g/mol. The fourth-order valence-corrected chi connectivity index (χ4v) is 2.34.